The highest BCUT2D eigenvalue weighted by Gasteiger charge is 2.43. The Balaban J connectivity index is 1.54. The number of hydrogen-bond acceptors (Lipinski definition) is 3. The number of carbonyl (C=O) groups is 1. The van der Waals surface area contributed by atoms with Crippen LogP contribution in [0, 0.1) is 17.8 Å². The van der Waals surface area contributed by atoms with E-state index in [0.717, 1.165) is 31.8 Å². The van der Waals surface area contributed by atoms with E-state index in [2.05, 4.69) is 59.7 Å². The molecule has 0 aromatic heterocycles. The van der Waals surface area contributed by atoms with Crippen LogP contribution in [0.1, 0.15) is 38.7 Å². The number of fused-ring (bicyclic) bond motifs is 1. The highest BCUT2D eigenvalue weighted by Crippen LogP contribution is 2.38. The summed E-state index contributed by atoms with van der Waals surface area (Å²) in [4.78, 5) is 15.2. The summed E-state index contributed by atoms with van der Waals surface area (Å²) in [6.45, 7) is 7.65. The fourth-order valence-electron chi connectivity index (χ4n) is 4.62. The van der Waals surface area contributed by atoms with Crippen molar-refractivity contribution in [1.82, 2.24) is 15.5 Å². The van der Waals surface area contributed by atoms with E-state index in [9.17, 15) is 4.79 Å². The Morgan fingerprint density at radius 2 is 1.96 bits per heavy atom. The molecule has 1 saturated carbocycles. The Kier molecular flexibility index (Phi) is 6.13. The van der Waals surface area contributed by atoms with Crippen LogP contribution in [-0.4, -0.2) is 43.0 Å². The van der Waals surface area contributed by atoms with Crippen molar-refractivity contribution >= 4 is 5.91 Å². The zero-order chi connectivity index (χ0) is 17.8. The minimum absolute atomic E-state index is 0.0686. The van der Waals surface area contributed by atoms with Crippen molar-refractivity contribution in [3.63, 3.8) is 0 Å². The van der Waals surface area contributed by atoms with Crippen molar-refractivity contribution in [2.45, 2.75) is 51.7 Å². The lowest BCUT2D eigenvalue weighted by Crippen LogP contribution is -2.49. The van der Waals surface area contributed by atoms with Crippen molar-refractivity contribution in [2.75, 3.05) is 20.1 Å². The molecular formula is C21H33N3O. The SMILES string of the molecule is CNC(CC(C)C)C(=O)NC1CC[C@H]2CN(Cc3ccccc3)CC12. The van der Waals surface area contributed by atoms with E-state index in [0.29, 0.717) is 17.9 Å². The summed E-state index contributed by atoms with van der Waals surface area (Å²) < 4.78 is 0. The van der Waals surface area contributed by atoms with Gasteiger partial charge in [-0.3, -0.25) is 9.69 Å². The lowest BCUT2D eigenvalue weighted by Gasteiger charge is -2.25. The maximum absolute atomic E-state index is 12.6. The number of likely N-dealkylation sites (N-methyl/N-ethyl adjacent to an activating group) is 1. The first-order valence-electron chi connectivity index (χ1n) is 9.80. The Bertz CT molecular complexity index is 560. The van der Waals surface area contributed by atoms with Crippen LogP contribution in [0.15, 0.2) is 30.3 Å². The second-order valence-electron chi connectivity index (χ2n) is 8.27. The van der Waals surface area contributed by atoms with Crippen LogP contribution in [0.5, 0.6) is 0 Å². The molecule has 0 radical (unpaired) electrons. The molecule has 4 atom stereocenters. The molecule has 1 aromatic rings. The fraction of sp³-hybridized carbons (Fsp3) is 0.667. The van der Waals surface area contributed by atoms with Gasteiger partial charge in [0, 0.05) is 25.7 Å². The summed E-state index contributed by atoms with van der Waals surface area (Å²) in [5.41, 5.74) is 1.38. The average Bonchev–Trinajstić information content (AvgIpc) is 3.14. The summed E-state index contributed by atoms with van der Waals surface area (Å²) in [5, 5.41) is 6.55. The Hall–Kier alpha value is -1.39. The van der Waals surface area contributed by atoms with Crippen molar-refractivity contribution in [2.24, 2.45) is 17.8 Å². The van der Waals surface area contributed by atoms with Gasteiger partial charge >= 0.3 is 0 Å². The van der Waals surface area contributed by atoms with Gasteiger partial charge in [0.2, 0.25) is 5.91 Å². The van der Waals surface area contributed by atoms with E-state index in [4.69, 9.17) is 0 Å². The van der Waals surface area contributed by atoms with Gasteiger partial charge < -0.3 is 10.6 Å². The van der Waals surface area contributed by atoms with Gasteiger partial charge in [-0.1, -0.05) is 44.2 Å². The van der Waals surface area contributed by atoms with E-state index in [1.54, 1.807) is 0 Å². The van der Waals surface area contributed by atoms with Gasteiger partial charge in [-0.25, -0.2) is 0 Å². The number of benzene rings is 1. The second-order valence-corrected chi connectivity index (χ2v) is 8.27. The number of carbonyl (C=O) groups excluding carboxylic acids is 1. The summed E-state index contributed by atoms with van der Waals surface area (Å²) in [5.74, 6) is 2.06. The first kappa shape index (κ1) is 18.4. The van der Waals surface area contributed by atoms with Crippen LogP contribution >= 0.6 is 0 Å². The Morgan fingerprint density at radius 1 is 1.20 bits per heavy atom. The number of amides is 1. The molecule has 1 amide bonds. The zero-order valence-electron chi connectivity index (χ0n) is 15.9. The first-order valence-corrected chi connectivity index (χ1v) is 9.80. The summed E-state index contributed by atoms with van der Waals surface area (Å²) in [6, 6.07) is 11.0. The summed E-state index contributed by atoms with van der Waals surface area (Å²) in [7, 11) is 1.89. The highest BCUT2D eigenvalue weighted by atomic mass is 16.2. The molecule has 2 fully saturated rings. The van der Waals surface area contributed by atoms with Gasteiger partial charge in [0.15, 0.2) is 0 Å². The largest absolute Gasteiger partial charge is 0.352 e. The standard InChI is InChI=1S/C21H33N3O/c1-15(2)11-20(22-3)21(25)23-19-10-9-17-13-24(14-18(17)19)12-16-7-5-4-6-8-16/h4-8,15,17-20,22H,9-14H2,1-3H3,(H,23,25)/t17-,18?,19?,20?/m0/s1. The molecule has 1 aromatic carbocycles. The third-order valence-corrected chi connectivity index (χ3v) is 5.88. The number of rotatable bonds is 7. The fourth-order valence-corrected chi connectivity index (χ4v) is 4.62. The zero-order valence-corrected chi connectivity index (χ0v) is 15.9. The molecule has 3 unspecified atom stereocenters. The van der Waals surface area contributed by atoms with Gasteiger partial charge in [-0.05, 0) is 49.6 Å². The van der Waals surface area contributed by atoms with Gasteiger partial charge in [-0.2, -0.15) is 0 Å². The van der Waals surface area contributed by atoms with Crippen LogP contribution in [-0.2, 0) is 11.3 Å². The predicted octanol–water partition coefficient (Wildman–Crippen LogP) is 2.65. The van der Waals surface area contributed by atoms with Crippen LogP contribution in [0.4, 0.5) is 0 Å². The van der Waals surface area contributed by atoms with Crippen LogP contribution in [0.3, 0.4) is 0 Å². The maximum Gasteiger partial charge on any atom is 0.237 e. The molecule has 1 aliphatic carbocycles. The summed E-state index contributed by atoms with van der Waals surface area (Å²) >= 11 is 0. The monoisotopic (exact) mass is 343 g/mol. The quantitative estimate of drug-likeness (QED) is 0.800. The van der Waals surface area contributed by atoms with E-state index in [1.807, 2.05) is 7.05 Å². The van der Waals surface area contributed by atoms with Gasteiger partial charge in [0.05, 0.1) is 6.04 Å². The minimum Gasteiger partial charge on any atom is -0.352 e. The molecule has 1 saturated heterocycles. The topological polar surface area (TPSA) is 44.4 Å². The molecule has 138 valence electrons. The number of nitrogens with one attached hydrogen (secondary N) is 2. The normalized spacial score (nSPS) is 27.4. The lowest BCUT2D eigenvalue weighted by atomic mass is 9.97. The minimum atomic E-state index is -0.0686. The molecule has 1 aliphatic heterocycles. The number of hydrogen-bond donors (Lipinski definition) is 2. The van der Waals surface area contributed by atoms with Gasteiger partial charge in [0.25, 0.3) is 0 Å². The molecule has 25 heavy (non-hydrogen) atoms. The third-order valence-electron chi connectivity index (χ3n) is 5.88. The number of nitrogens with zero attached hydrogens (tertiary/aromatic N) is 1. The smallest absolute Gasteiger partial charge is 0.237 e. The highest BCUT2D eigenvalue weighted by molar-refractivity contribution is 5.82. The third kappa shape index (κ3) is 4.62. The maximum atomic E-state index is 12.6. The van der Waals surface area contributed by atoms with E-state index in [1.165, 1.54) is 18.5 Å². The molecule has 4 heteroatoms. The van der Waals surface area contributed by atoms with Crippen molar-refractivity contribution in [3.8, 4) is 0 Å². The second kappa shape index (κ2) is 8.33. The van der Waals surface area contributed by atoms with E-state index >= 15 is 0 Å². The van der Waals surface area contributed by atoms with Crippen molar-refractivity contribution in [1.29, 1.82) is 0 Å². The Labute approximate surface area is 152 Å². The molecule has 3 rings (SSSR count). The average molecular weight is 344 g/mol. The lowest BCUT2D eigenvalue weighted by molar-refractivity contribution is -0.124. The molecular weight excluding hydrogens is 310 g/mol. The molecule has 2 N–H and O–H groups in total. The van der Waals surface area contributed by atoms with E-state index in [-0.39, 0.29) is 11.9 Å². The van der Waals surface area contributed by atoms with Crippen molar-refractivity contribution in [3.05, 3.63) is 35.9 Å². The molecule has 0 bridgehead atoms. The first-order chi connectivity index (χ1) is 12.1. The number of likely N-dealkylation sites (tertiary alicyclic amines) is 1. The van der Waals surface area contributed by atoms with Gasteiger partial charge in [0.1, 0.15) is 0 Å². The van der Waals surface area contributed by atoms with Gasteiger partial charge in [-0.15, -0.1) is 0 Å². The van der Waals surface area contributed by atoms with Crippen LogP contribution < -0.4 is 10.6 Å². The Morgan fingerprint density at radius 3 is 2.64 bits per heavy atom. The predicted molar refractivity (Wildman–Crippen MR) is 102 cm³/mol. The van der Waals surface area contributed by atoms with E-state index < -0.39 is 0 Å². The molecule has 1 heterocycles. The van der Waals surface area contributed by atoms with Crippen LogP contribution in [0.2, 0.25) is 0 Å². The van der Waals surface area contributed by atoms with Crippen LogP contribution in [0.25, 0.3) is 0 Å². The van der Waals surface area contributed by atoms with Crippen molar-refractivity contribution < 1.29 is 4.79 Å². The molecule has 4 nitrogen and oxygen atoms in total. The summed E-state index contributed by atoms with van der Waals surface area (Å²) in [6.07, 6.45) is 3.27. The molecule has 0 spiro atoms. The molecule has 2 aliphatic rings.